The highest BCUT2D eigenvalue weighted by atomic mass is 16.4. The number of nitrogen functional groups attached to an aromatic ring is 3. The van der Waals surface area contributed by atoms with Crippen LogP contribution in [-0.2, 0) is 0 Å². The van der Waals surface area contributed by atoms with Crippen LogP contribution in [-0.4, -0.2) is 48.2 Å². The number of hydrogen-bond donors (Lipinski definition) is 6. The Labute approximate surface area is 169 Å². The van der Waals surface area contributed by atoms with Gasteiger partial charge in [-0.05, 0) is 24.3 Å². The molecule has 30 heavy (non-hydrogen) atoms. The summed E-state index contributed by atoms with van der Waals surface area (Å²) >= 11 is 0. The van der Waals surface area contributed by atoms with Gasteiger partial charge in [0, 0.05) is 30.5 Å². The molecule has 0 fully saturated rings. The van der Waals surface area contributed by atoms with Crippen LogP contribution in [0.5, 0.6) is 0 Å². The van der Waals surface area contributed by atoms with E-state index in [1.807, 2.05) is 0 Å². The molecule has 3 aromatic heterocycles. The van der Waals surface area contributed by atoms with E-state index in [0.29, 0.717) is 0 Å². The topological polar surface area (TPSA) is 229 Å². The van der Waals surface area contributed by atoms with Gasteiger partial charge in [-0.25, -0.2) is 19.4 Å². The Bertz CT molecular complexity index is 911. The maximum Gasteiger partial charge on any atom is 0.339 e. The van der Waals surface area contributed by atoms with Gasteiger partial charge in [0.25, 0.3) is 0 Å². The summed E-state index contributed by atoms with van der Waals surface area (Å²) in [5.41, 5.74) is 16.4. The Morgan fingerprint density at radius 3 is 1.63 bits per heavy atom. The summed E-state index contributed by atoms with van der Waals surface area (Å²) in [4.78, 5) is 41.8. The summed E-state index contributed by atoms with van der Waals surface area (Å²) in [5, 5.41) is 25.3. The maximum atomic E-state index is 10.3. The van der Waals surface area contributed by atoms with Gasteiger partial charge in [-0.2, -0.15) is 0 Å². The first-order valence-electron chi connectivity index (χ1n) is 7.94. The van der Waals surface area contributed by atoms with Gasteiger partial charge in [0.15, 0.2) is 0 Å². The van der Waals surface area contributed by atoms with Crippen LogP contribution in [0.3, 0.4) is 0 Å². The minimum absolute atomic E-state index is 0.0440. The van der Waals surface area contributed by atoms with Crippen molar-refractivity contribution in [1.82, 2.24) is 15.0 Å². The lowest BCUT2D eigenvalue weighted by Crippen LogP contribution is -2.03. The number of aromatic carboxylic acids is 3. The van der Waals surface area contributed by atoms with Crippen molar-refractivity contribution >= 4 is 35.1 Å². The molecule has 0 amide bonds. The van der Waals surface area contributed by atoms with Gasteiger partial charge in [-0.3, -0.25) is 9.97 Å². The van der Waals surface area contributed by atoms with Crippen molar-refractivity contribution in [2.24, 2.45) is 0 Å². The average molecular weight is 414 g/mol. The average Bonchev–Trinajstić information content (AvgIpc) is 2.69. The van der Waals surface area contributed by atoms with Crippen molar-refractivity contribution in [2.75, 3.05) is 17.2 Å². The van der Waals surface area contributed by atoms with Crippen molar-refractivity contribution in [3.8, 4) is 0 Å². The molecule has 0 radical (unpaired) electrons. The first-order valence-corrected chi connectivity index (χ1v) is 7.94. The first-order chi connectivity index (χ1) is 14.1. The van der Waals surface area contributed by atoms with E-state index in [9.17, 15) is 14.4 Å². The molecule has 0 aliphatic carbocycles. The summed E-state index contributed by atoms with van der Waals surface area (Å²) in [6.07, 6.45) is 6.81. The van der Waals surface area contributed by atoms with Crippen LogP contribution in [0.15, 0.2) is 55.2 Å². The Morgan fingerprint density at radius 2 is 1.23 bits per heavy atom. The predicted octanol–water partition coefficient (Wildman–Crippen LogP) is 1.09. The highest BCUT2D eigenvalue weighted by Crippen LogP contribution is 2.08. The lowest BCUT2D eigenvalue weighted by molar-refractivity contribution is 0.0686. The van der Waals surface area contributed by atoms with Crippen molar-refractivity contribution in [3.63, 3.8) is 0 Å². The van der Waals surface area contributed by atoms with Crippen molar-refractivity contribution in [1.29, 1.82) is 0 Å². The molecule has 0 spiro atoms. The molecule has 9 N–H and O–H groups in total. The monoisotopic (exact) mass is 414 g/mol. The van der Waals surface area contributed by atoms with Crippen LogP contribution in [0.2, 0.25) is 0 Å². The van der Waals surface area contributed by atoms with Gasteiger partial charge in [-0.1, -0.05) is 0 Å². The van der Waals surface area contributed by atoms with E-state index in [4.69, 9.17) is 32.5 Å². The lowest BCUT2D eigenvalue weighted by Gasteiger charge is -1.95. The number of rotatable bonds is 3. The summed E-state index contributed by atoms with van der Waals surface area (Å²) in [7, 11) is 0. The molecule has 12 nitrogen and oxygen atoms in total. The molecule has 0 saturated carbocycles. The molecular weight excluding hydrogens is 396 g/mol. The molecule has 0 aliphatic rings. The van der Waals surface area contributed by atoms with E-state index < -0.39 is 17.9 Å². The normalized spacial score (nSPS) is 9.20. The van der Waals surface area contributed by atoms with Crippen LogP contribution in [0.25, 0.3) is 0 Å². The zero-order chi connectivity index (χ0) is 22.7. The number of carbonyl (C=O) groups is 3. The predicted molar refractivity (Wildman–Crippen MR) is 107 cm³/mol. The third-order valence-corrected chi connectivity index (χ3v) is 3.24. The third-order valence-electron chi connectivity index (χ3n) is 3.24. The highest BCUT2D eigenvalue weighted by molar-refractivity contribution is 5.93. The lowest BCUT2D eigenvalue weighted by atomic mass is 10.2. The SMILES string of the molecule is Nc1ccncc1C(=O)O.Nc1cnccc1C(=O)O.Nc1ncccc1C(=O)O. The van der Waals surface area contributed by atoms with E-state index in [1.54, 1.807) is 0 Å². The smallest absolute Gasteiger partial charge is 0.339 e. The number of pyridine rings is 3. The third kappa shape index (κ3) is 7.11. The molecular formula is C18H18N6O6. The summed E-state index contributed by atoms with van der Waals surface area (Å²) < 4.78 is 0. The van der Waals surface area contributed by atoms with Crippen LogP contribution in [0, 0.1) is 0 Å². The van der Waals surface area contributed by atoms with E-state index >= 15 is 0 Å². The Kier molecular flexibility index (Phi) is 8.68. The van der Waals surface area contributed by atoms with E-state index in [-0.39, 0.29) is 33.9 Å². The number of carboxylic acids is 3. The quantitative estimate of drug-likeness (QED) is 0.353. The molecule has 3 aromatic rings. The van der Waals surface area contributed by atoms with Crippen LogP contribution < -0.4 is 17.2 Å². The largest absolute Gasteiger partial charge is 0.478 e. The van der Waals surface area contributed by atoms with Gasteiger partial charge in [0.05, 0.1) is 17.4 Å². The minimum atomic E-state index is -1.05. The zero-order valence-electron chi connectivity index (χ0n) is 15.3. The van der Waals surface area contributed by atoms with Gasteiger partial charge >= 0.3 is 17.9 Å². The summed E-state index contributed by atoms with van der Waals surface area (Å²) in [6, 6.07) is 5.74. The summed E-state index contributed by atoms with van der Waals surface area (Å²) in [5.74, 6) is -3.08. The van der Waals surface area contributed by atoms with Gasteiger partial charge in [0.2, 0.25) is 0 Å². The van der Waals surface area contributed by atoms with Crippen LogP contribution >= 0.6 is 0 Å². The van der Waals surface area contributed by atoms with E-state index in [0.717, 1.165) is 0 Å². The number of aromatic nitrogens is 3. The highest BCUT2D eigenvalue weighted by Gasteiger charge is 2.06. The number of anilines is 3. The molecule has 0 aliphatic heterocycles. The fraction of sp³-hybridized carbons (Fsp3) is 0. The molecule has 3 rings (SSSR count). The Balaban J connectivity index is 0.000000225. The summed E-state index contributed by atoms with van der Waals surface area (Å²) in [6.45, 7) is 0. The van der Waals surface area contributed by atoms with Gasteiger partial charge in [-0.15, -0.1) is 0 Å². The second-order valence-corrected chi connectivity index (χ2v) is 5.28. The van der Waals surface area contributed by atoms with Crippen molar-refractivity contribution in [3.05, 3.63) is 71.9 Å². The molecule has 156 valence electrons. The molecule has 0 saturated heterocycles. The number of hydrogen-bond acceptors (Lipinski definition) is 9. The van der Waals surface area contributed by atoms with Crippen LogP contribution in [0.4, 0.5) is 17.2 Å². The zero-order valence-corrected chi connectivity index (χ0v) is 15.3. The minimum Gasteiger partial charge on any atom is -0.478 e. The molecule has 0 unspecified atom stereocenters. The standard InChI is InChI=1S/3C6H6N2O2/c7-5-1-2-8-3-4(5)6(9)10;7-5-3-8-2-1-4(5)6(9)10;7-5-4(6(9)10)2-1-3-8-5/h1-3H,(H2,7,8)(H,9,10);1-3H,7H2,(H,9,10);1-3H,(H2,7,8)(H,9,10). The molecule has 3 heterocycles. The van der Waals surface area contributed by atoms with E-state index in [2.05, 4.69) is 15.0 Å². The second kappa shape index (κ2) is 11.2. The Morgan fingerprint density at radius 1 is 0.667 bits per heavy atom. The van der Waals surface area contributed by atoms with Gasteiger partial charge < -0.3 is 32.5 Å². The van der Waals surface area contributed by atoms with Crippen molar-refractivity contribution < 1.29 is 29.7 Å². The first kappa shape index (κ1) is 23.3. The molecule has 12 heteroatoms. The van der Waals surface area contributed by atoms with Crippen LogP contribution in [0.1, 0.15) is 31.1 Å². The molecule has 0 aromatic carbocycles. The maximum absolute atomic E-state index is 10.3. The van der Waals surface area contributed by atoms with Gasteiger partial charge in [0.1, 0.15) is 16.9 Å². The van der Waals surface area contributed by atoms with Crippen molar-refractivity contribution in [2.45, 2.75) is 0 Å². The molecule has 0 bridgehead atoms. The number of carboxylic acid groups (broad SMARTS) is 3. The van der Waals surface area contributed by atoms with E-state index in [1.165, 1.54) is 55.2 Å². The Hall–Kier alpha value is -4.74. The number of nitrogens with two attached hydrogens (primary N) is 3. The molecule has 0 atom stereocenters. The fourth-order valence-electron chi connectivity index (χ4n) is 1.78. The second-order valence-electron chi connectivity index (χ2n) is 5.28. The number of nitrogens with zero attached hydrogens (tertiary/aromatic N) is 3. The fourth-order valence-corrected chi connectivity index (χ4v) is 1.78.